The predicted molar refractivity (Wildman–Crippen MR) is 74.0 cm³/mol. The van der Waals surface area contributed by atoms with Gasteiger partial charge in [-0.15, -0.1) is 0 Å². The van der Waals surface area contributed by atoms with Gasteiger partial charge in [-0.1, -0.05) is 13.8 Å². The maximum absolute atomic E-state index is 11.9. The number of benzene rings is 1. The number of amides is 1. The van der Waals surface area contributed by atoms with Crippen molar-refractivity contribution < 1.29 is 9.53 Å². The van der Waals surface area contributed by atoms with Crippen LogP contribution in [0, 0.1) is 0 Å². The van der Waals surface area contributed by atoms with Gasteiger partial charge in [0.05, 0.1) is 6.10 Å². The Labute approximate surface area is 110 Å². The Morgan fingerprint density at radius 3 is 2.28 bits per heavy atom. The number of hydrogen-bond donors (Lipinski definition) is 1. The van der Waals surface area contributed by atoms with Crippen LogP contribution in [-0.4, -0.2) is 18.1 Å². The predicted octanol–water partition coefficient (Wildman–Crippen LogP) is 3.39. The molecule has 1 rings (SSSR count). The largest absolute Gasteiger partial charge is 0.491 e. The molecule has 1 aromatic carbocycles. The van der Waals surface area contributed by atoms with Gasteiger partial charge in [-0.25, -0.2) is 0 Å². The molecule has 1 N–H and O–H groups in total. The number of nitrogens with one attached hydrogen (secondary N) is 1. The molecule has 0 aliphatic rings. The Morgan fingerprint density at radius 1 is 1.17 bits per heavy atom. The first-order valence-electron chi connectivity index (χ1n) is 6.64. The second-order valence-electron chi connectivity index (χ2n) is 4.64. The summed E-state index contributed by atoms with van der Waals surface area (Å²) in [5.74, 6) is 0.781. The van der Waals surface area contributed by atoms with Crippen molar-refractivity contribution in [3.8, 4) is 5.75 Å². The molecule has 0 saturated heterocycles. The van der Waals surface area contributed by atoms with Gasteiger partial charge in [0.2, 0.25) is 0 Å². The number of hydrogen-bond acceptors (Lipinski definition) is 2. The molecule has 3 nitrogen and oxygen atoms in total. The van der Waals surface area contributed by atoms with Gasteiger partial charge < -0.3 is 10.1 Å². The van der Waals surface area contributed by atoms with Crippen molar-refractivity contribution in [2.75, 3.05) is 0 Å². The van der Waals surface area contributed by atoms with Crippen LogP contribution in [-0.2, 0) is 0 Å². The summed E-state index contributed by atoms with van der Waals surface area (Å²) >= 11 is 0. The lowest BCUT2D eigenvalue weighted by Gasteiger charge is -2.14. The highest BCUT2D eigenvalue weighted by molar-refractivity contribution is 5.94. The minimum Gasteiger partial charge on any atom is -0.491 e. The average Bonchev–Trinajstić information content (AvgIpc) is 2.39. The summed E-state index contributed by atoms with van der Waals surface area (Å²) in [7, 11) is 0. The molecule has 0 fully saturated rings. The van der Waals surface area contributed by atoms with Crippen LogP contribution in [0.3, 0.4) is 0 Å². The summed E-state index contributed by atoms with van der Waals surface area (Å²) in [5, 5.41) is 2.94. The van der Waals surface area contributed by atoms with E-state index < -0.39 is 0 Å². The van der Waals surface area contributed by atoms with Gasteiger partial charge in [0, 0.05) is 11.6 Å². The number of carbonyl (C=O) groups excluding carboxylic acids is 1. The Kier molecular flexibility index (Phi) is 5.69. The third-order valence-electron chi connectivity index (χ3n) is 3.02. The van der Waals surface area contributed by atoms with E-state index >= 15 is 0 Å². The third-order valence-corrected chi connectivity index (χ3v) is 3.02. The second-order valence-corrected chi connectivity index (χ2v) is 4.64. The van der Waals surface area contributed by atoms with E-state index in [1.807, 2.05) is 32.9 Å². The van der Waals surface area contributed by atoms with E-state index in [0.29, 0.717) is 5.56 Å². The lowest BCUT2D eigenvalue weighted by molar-refractivity contribution is 0.0939. The van der Waals surface area contributed by atoms with E-state index in [0.717, 1.165) is 18.6 Å². The zero-order valence-corrected chi connectivity index (χ0v) is 11.7. The molecule has 0 unspecified atom stereocenters. The van der Waals surface area contributed by atoms with Crippen LogP contribution in [0.2, 0.25) is 0 Å². The fourth-order valence-electron chi connectivity index (χ4n) is 1.41. The topological polar surface area (TPSA) is 38.3 Å². The van der Waals surface area contributed by atoms with Gasteiger partial charge in [0.25, 0.3) is 5.91 Å². The molecule has 1 amide bonds. The van der Waals surface area contributed by atoms with Crippen molar-refractivity contribution in [1.29, 1.82) is 0 Å². The van der Waals surface area contributed by atoms with Crippen LogP contribution >= 0.6 is 0 Å². The zero-order valence-electron chi connectivity index (χ0n) is 11.7. The summed E-state index contributed by atoms with van der Waals surface area (Å²) in [6.07, 6.45) is 2.10. The maximum Gasteiger partial charge on any atom is 0.251 e. The number of rotatable bonds is 6. The maximum atomic E-state index is 11.9. The molecular formula is C15H23NO2. The van der Waals surface area contributed by atoms with Gasteiger partial charge >= 0.3 is 0 Å². The number of carbonyl (C=O) groups is 1. The first-order chi connectivity index (χ1) is 8.56. The first kappa shape index (κ1) is 14.6. The molecule has 18 heavy (non-hydrogen) atoms. The molecule has 0 aliphatic carbocycles. The molecular weight excluding hydrogens is 226 g/mol. The van der Waals surface area contributed by atoms with E-state index in [9.17, 15) is 4.79 Å². The monoisotopic (exact) mass is 249 g/mol. The molecule has 0 aliphatic heterocycles. The van der Waals surface area contributed by atoms with Gasteiger partial charge in [-0.2, -0.15) is 0 Å². The standard InChI is InChI=1S/C15H23NO2/c1-5-11(3)16-15(17)13-7-9-14(10-8-13)18-12(4)6-2/h7-12H,5-6H2,1-4H3,(H,16,17)/t11-,12+/m1/s1. The van der Waals surface area contributed by atoms with Crippen molar-refractivity contribution in [2.24, 2.45) is 0 Å². The van der Waals surface area contributed by atoms with Gasteiger partial charge in [-0.3, -0.25) is 4.79 Å². The Bertz CT molecular complexity index is 373. The lowest BCUT2D eigenvalue weighted by atomic mass is 10.2. The van der Waals surface area contributed by atoms with E-state index in [2.05, 4.69) is 12.2 Å². The van der Waals surface area contributed by atoms with Crippen LogP contribution < -0.4 is 10.1 Å². The van der Waals surface area contributed by atoms with Crippen LogP contribution in [0.4, 0.5) is 0 Å². The smallest absolute Gasteiger partial charge is 0.251 e. The minimum atomic E-state index is -0.0283. The van der Waals surface area contributed by atoms with Crippen LogP contribution in [0.15, 0.2) is 24.3 Å². The summed E-state index contributed by atoms with van der Waals surface area (Å²) in [6, 6.07) is 7.49. The summed E-state index contributed by atoms with van der Waals surface area (Å²) in [6.45, 7) is 8.16. The second kappa shape index (κ2) is 7.04. The average molecular weight is 249 g/mol. The summed E-state index contributed by atoms with van der Waals surface area (Å²) in [5.41, 5.74) is 0.673. The van der Waals surface area contributed by atoms with Crippen LogP contribution in [0.1, 0.15) is 50.9 Å². The van der Waals surface area contributed by atoms with E-state index in [-0.39, 0.29) is 18.1 Å². The molecule has 1 aromatic rings. The van der Waals surface area contributed by atoms with Gasteiger partial charge in [-0.05, 0) is 51.0 Å². The molecule has 0 saturated carbocycles. The Morgan fingerprint density at radius 2 is 1.78 bits per heavy atom. The van der Waals surface area contributed by atoms with Crippen molar-refractivity contribution in [3.05, 3.63) is 29.8 Å². The molecule has 0 radical (unpaired) electrons. The molecule has 2 atom stereocenters. The highest BCUT2D eigenvalue weighted by Gasteiger charge is 2.08. The van der Waals surface area contributed by atoms with Crippen molar-refractivity contribution in [3.63, 3.8) is 0 Å². The Hall–Kier alpha value is -1.51. The summed E-state index contributed by atoms with van der Waals surface area (Å²) in [4.78, 5) is 11.9. The minimum absolute atomic E-state index is 0.0283. The highest BCUT2D eigenvalue weighted by Crippen LogP contribution is 2.15. The first-order valence-corrected chi connectivity index (χ1v) is 6.64. The molecule has 0 heterocycles. The van der Waals surface area contributed by atoms with Crippen molar-refractivity contribution >= 4 is 5.91 Å². The van der Waals surface area contributed by atoms with E-state index in [1.54, 1.807) is 12.1 Å². The van der Waals surface area contributed by atoms with Gasteiger partial charge in [0.15, 0.2) is 0 Å². The molecule has 100 valence electrons. The highest BCUT2D eigenvalue weighted by atomic mass is 16.5. The van der Waals surface area contributed by atoms with Crippen LogP contribution in [0.5, 0.6) is 5.75 Å². The fourth-order valence-corrected chi connectivity index (χ4v) is 1.41. The number of ether oxygens (including phenoxy) is 1. The van der Waals surface area contributed by atoms with E-state index in [1.165, 1.54) is 0 Å². The fraction of sp³-hybridized carbons (Fsp3) is 0.533. The van der Waals surface area contributed by atoms with E-state index in [4.69, 9.17) is 4.74 Å². The quantitative estimate of drug-likeness (QED) is 0.839. The normalized spacial score (nSPS) is 13.8. The molecule has 0 spiro atoms. The molecule has 0 aromatic heterocycles. The molecule has 3 heteroatoms. The van der Waals surface area contributed by atoms with Crippen molar-refractivity contribution in [2.45, 2.75) is 52.7 Å². The Balaban J connectivity index is 2.62. The molecule has 0 bridgehead atoms. The van der Waals surface area contributed by atoms with Crippen molar-refractivity contribution in [1.82, 2.24) is 5.32 Å². The zero-order chi connectivity index (χ0) is 13.5. The van der Waals surface area contributed by atoms with Crippen LogP contribution in [0.25, 0.3) is 0 Å². The lowest BCUT2D eigenvalue weighted by Crippen LogP contribution is -2.31. The SMILES string of the molecule is CC[C@@H](C)NC(=O)c1ccc(O[C@@H](C)CC)cc1. The summed E-state index contributed by atoms with van der Waals surface area (Å²) < 4.78 is 5.67. The van der Waals surface area contributed by atoms with Gasteiger partial charge in [0.1, 0.15) is 5.75 Å². The third kappa shape index (κ3) is 4.40.